The highest BCUT2D eigenvalue weighted by molar-refractivity contribution is 14.0. The van der Waals surface area contributed by atoms with E-state index in [0.29, 0.717) is 18.9 Å². The average molecular weight is 515 g/mol. The predicted molar refractivity (Wildman–Crippen MR) is 124 cm³/mol. The molecule has 8 heteroatoms. The normalized spacial score (nSPS) is 18.2. The van der Waals surface area contributed by atoms with Crippen LogP contribution in [0.25, 0.3) is 0 Å². The molecule has 1 unspecified atom stereocenters. The van der Waals surface area contributed by atoms with Gasteiger partial charge in [-0.2, -0.15) is 0 Å². The van der Waals surface area contributed by atoms with Gasteiger partial charge < -0.3 is 15.4 Å². The number of guanidine groups is 1. The number of ether oxygens (including phenoxy) is 1. The molecule has 28 heavy (non-hydrogen) atoms. The van der Waals surface area contributed by atoms with E-state index in [-0.39, 0.29) is 41.5 Å². The largest absolute Gasteiger partial charge is 0.457 e. The molecular weight excluding hydrogens is 489 g/mol. The van der Waals surface area contributed by atoms with E-state index in [9.17, 15) is 8.42 Å². The van der Waals surface area contributed by atoms with Gasteiger partial charge in [-0.15, -0.1) is 24.0 Å². The number of hydrogen-bond acceptors (Lipinski definition) is 4. The Morgan fingerprint density at radius 2 is 2.00 bits per heavy atom. The second-order valence-electron chi connectivity index (χ2n) is 6.70. The molecule has 1 fully saturated rings. The first-order valence-electron chi connectivity index (χ1n) is 8.95. The van der Waals surface area contributed by atoms with Crippen molar-refractivity contribution in [1.82, 2.24) is 10.6 Å². The Morgan fingerprint density at radius 3 is 2.68 bits per heavy atom. The molecule has 0 spiro atoms. The fourth-order valence-corrected chi connectivity index (χ4v) is 4.70. The highest BCUT2D eigenvalue weighted by Gasteiger charge is 2.28. The summed E-state index contributed by atoms with van der Waals surface area (Å²) in [6.45, 7) is 2.54. The van der Waals surface area contributed by atoms with Crippen molar-refractivity contribution < 1.29 is 13.2 Å². The quantitative estimate of drug-likeness (QED) is 0.363. The average Bonchev–Trinajstić information content (AvgIpc) is 2.98. The number of nitrogens with zero attached hydrogens (tertiary/aromatic N) is 1. The zero-order chi connectivity index (χ0) is 19.3. The number of benzene rings is 2. The van der Waals surface area contributed by atoms with Crippen molar-refractivity contribution in [3.05, 3.63) is 59.7 Å². The topological polar surface area (TPSA) is 79.8 Å². The van der Waals surface area contributed by atoms with E-state index in [1.165, 1.54) is 0 Å². The molecule has 0 aliphatic carbocycles. The highest BCUT2D eigenvalue weighted by atomic mass is 127. The molecule has 1 atom stereocenters. The van der Waals surface area contributed by atoms with Crippen molar-refractivity contribution in [1.29, 1.82) is 0 Å². The van der Waals surface area contributed by atoms with Gasteiger partial charge in [0.15, 0.2) is 15.8 Å². The molecule has 1 saturated heterocycles. The Labute approximate surface area is 183 Å². The first-order chi connectivity index (χ1) is 12.9. The minimum Gasteiger partial charge on any atom is -0.457 e. The molecule has 0 saturated carbocycles. The molecule has 2 aromatic carbocycles. The molecule has 0 radical (unpaired) electrons. The molecule has 0 aromatic heterocycles. The first-order valence-corrected chi connectivity index (χ1v) is 10.8. The van der Waals surface area contributed by atoms with Crippen LogP contribution in [0.4, 0.5) is 0 Å². The minimum atomic E-state index is -2.93. The second kappa shape index (κ2) is 10.1. The maximum absolute atomic E-state index is 11.6. The van der Waals surface area contributed by atoms with Crippen LogP contribution in [0.3, 0.4) is 0 Å². The minimum absolute atomic E-state index is 0. The summed E-state index contributed by atoms with van der Waals surface area (Å²) < 4.78 is 29.3. The van der Waals surface area contributed by atoms with Gasteiger partial charge in [0.2, 0.25) is 0 Å². The third kappa shape index (κ3) is 6.37. The number of para-hydroxylation sites is 1. The zero-order valence-corrected chi connectivity index (χ0v) is 19.2. The van der Waals surface area contributed by atoms with Gasteiger partial charge in [0.1, 0.15) is 11.5 Å². The van der Waals surface area contributed by atoms with Crippen LogP contribution in [-0.4, -0.2) is 39.0 Å². The summed E-state index contributed by atoms with van der Waals surface area (Å²) in [5, 5.41) is 6.43. The van der Waals surface area contributed by atoms with Gasteiger partial charge in [-0.3, -0.25) is 4.99 Å². The summed E-state index contributed by atoms with van der Waals surface area (Å²) in [6.07, 6.45) is 0.607. The lowest BCUT2D eigenvalue weighted by Crippen LogP contribution is -2.43. The van der Waals surface area contributed by atoms with E-state index in [1.807, 2.05) is 55.5 Å². The van der Waals surface area contributed by atoms with Gasteiger partial charge in [-0.05, 0) is 37.1 Å². The summed E-state index contributed by atoms with van der Waals surface area (Å²) in [5.74, 6) is 2.54. The van der Waals surface area contributed by atoms with Crippen LogP contribution in [0.5, 0.6) is 11.5 Å². The number of aryl methyl sites for hydroxylation is 1. The van der Waals surface area contributed by atoms with E-state index in [1.54, 1.807) is 7.05 Å². The molecule has 1 heterocycles. The van der Waals surface area contributed by atoms with Crippen molar-refractivity contribution in [3.63, 3.8) is 0 Å². The lowest BCUT2D eigenvalue weighted by molar-refractivity contribution is 0.474. The second-order valence-corrected chi connectivity index (χ2v) is 8.93. The standard InChI is InChI=1S/C20H25N3O3S.HI/c1-15-6-5-8-18(12-15)26-19-9-4-3-7-16(19)13-22-20(21-2)23-17-10-11-27(24,25)14-17;/h3-9,12,17H,10-11,13-14H2,1-2H3,(H2,21,22,23);1H. The Morgan fingerprint density at radius 1 is 1.21 bits per heavy atom. The molecule has 0 amide bonds. The zero-order valence-electron chi connectivity index (χ0n) is 16.0. The van der Waals surface area contributed by atoms with Gasteiger partial charge in [0, 0.05) is 25.2 Å². The molecular formula is C20H26IN3O3S. The maximum Gasteiger partial charge on any atom is 0.191 e. The van der Waals surface area contributed by atoms with E-state index < -0.39 is 9.84 Å². The molecule has 3 rings (SSSR count). The summed E-state index contributed by atoms with van der Waals surface area (Å²) >= 11 is 0. The molecule has 152 valence electrons. The van der Waals surface area contributed by atoms with E-state index in [4.69, 9.17) is 4.74 Å². The Balaban J connectivity index is 0.00000280. The van der Waals surface area contributed by atoms with E-state index >= 15 is 0 Å². The van der Waals surface area contributed by atoms with E-state index in [2.05, 4.69) is 15.6 Å². The summed E-state index contributed by atoms with van der Waals surface area (Å²) in [4.78, 5) is 4.20. The number of halogens is 1. The van der Waals surface area contributed by atoms with Crippen LogP contribution >= 0.6 is 24.0 Å². The van der Waals surface area contributed by atoms with Crippen molar-refractivity contribution in [2.75, 3.05) is 18.6 Å². The van der Waals surface area contributed by atoms with Crippen LogP contribution < -0.4 is 15.4 Å². The third-order valence-corrected chi connectivity index (χ3v) is 6.20. The van der Waals surface area contributed by atoms with Gasteiger partial charge in [0.25, 0.3) is 0 Å². The van der Waals surface area contributed by atoms with Gasteiger partial charge >= 0.3 is 0 Å². The number of rotatable bonds is 5. The van der Waals surface area contributed by atoms with Crippen molar-refractivity contribution in [2.24, 2.45) is 4.99 Å². The molecule has 2 N–H and O–H groups in total. The lowest BCUT2D eigenvalue weighted by atomic mass is 10.2. The fourth-order valence-electron chi connectivity index (χ4n) is 3.03. The number of sulfone groups is 1. The van der Waals surface area contributed by atoms with Crippen molar-refractivity contribution in [3.8, 4) is 11.5 Å². The summed E-state index contributed by atoms with van der Waals surface area (Å²) in [7, 11) is -1.25. The number of hydrogen-bond donors (Lipinski definition) is 2. The fraction of sp³-hybridized carbons (Fsp3) is 0.350. The van der Waals surface area contributed by atoms with E-state index in [0.717, 1.165) is 22.6 Å². The molecule has 1 aliphatic heterocycles. The van der Waals surface area contributed by atoms with Crippen LogP contribution in [0.15, 0.2) is 53.5 Å². The number of nitrogens with one attached hydrogen (secondary N) is 2. The Hall–Kier alpha value is -1.81. The van der Waals surface area contributed by atoms with Crippen molar-refractivity contribution >= 4 is 39.8 Å². The molecule has 2 aromatic rings. The van der Waals surface area contributed by atoms with Crippen LogP contribution in [-0.2, 0) is 16.4 Å². The molecule has 1 aliphatic rings. The SMILES string of the molecule is CN=C(NCc1ccccc1Oc1cccc(C)c1)NC1CCS(=O)(=O)C1.I. The Bertz CT molecular complexity index is 932. The summed E-state index contributed by atoms with van der Waals surface area (Å²) in [6, 6.07) is 15.6. The van der Waals surface area contributed by atoms with Gasteiger partial charge in [-0.25, -0.2) is 8.42 Å². The van der Waals surface area contributed by atoms with Crippen LogP contribution in [0.1, 0.15) is 17.5 Å². The van der Waals surface area contributed by atoms with Gasteiger partial charge in [-0.1, -0.05) is 30.3 Å². The van der Waals surface area contributed by atoms with Crippen LogP contribution in [0, 0.1) is 6.92 Å². The predicted octanol–water partition coefficient (Wildman–Crippen LogP) is 3.26. The van der Waals surface area contributed by atoms with Crippen molar-refractivity contribution in [2.45, 2.75) is 25.9 Å². The van der Waals surface area contributed by atoms with Gasteiger partial charge in [0.05, 0.1) is 11.5 Å². The maximum atomic E-state index is 11.6. The third-order valence-electron chi connectivity index (χ3n) is 4.43. The Kier molecular flexibility index (Phi) is 8.11. The monoisotopic (exact) mass is 515 g/mol. The lowest BCUT2D eigenvalue weighted by Gasteiger charge is -2.17. The number of aliphatic imine (C=N–C) groups is 1. The summed E-state index contributed by atoms with van der Waals surface area (Å²) in [5.41, 5.74) is 2.13. The molecule has 6 nitrogen and oxygen atoms in total. The first kappa shape index (κ1) is 22.5. The highest BCUT2D eigenvalue weighted by Crippen LogP contribution is 2.25. The van der Waals surface area contributed by atoms with Crippen LogP contribution in [0.2, 0.25) is 0 Å². The molecule has 0 bridgehead atoms. The smallest absolute Gasteiger partial charge is 0.191 e.